The number of hydrogen-bond donors (Lipinski definition) is 2. The number of carbonyl (C=O) groups excluding carboxylic acids is 2. The summed E-state index contributed by atoms with van der Waals surface area (Å²) in [5, 5.41) is 12.0. The van der Waals surface area contributed by atoms with Crippen molar-refractivity contribution in [2.75, 3.05) is 6.54 Å². The molecule has 1 aliphatic heterocycles. The number of rotatable bonds is 2. The highest BCUT2D eigenvalue weighted by Gasteiger charge is 2.26. The molecule has 1 aromatic carbocycles. The number of carbonyl (C=O) groups is 2. The summed E-state index contributed by atoms with van der Waals surface area (Å²) >= 11 is 0. The molecular weight excluding hydrogens is 232 g/mol. The van der Waals surface area contributed by atoms with Crippen molar-refractivity contribution in [3.63, 3.8) is 0 Å². The molecule has 1 heterocycles. The molecule has 1 fully saturated rings. The standard InChI is InChI=1S/C13H16N2O3/c1-9-5-12(17)14-7-13(18)15(9)8-10-3-2-4-11(16)6-10/h2-4,6,9,16H,5,7-8H2,1H3,(H,14,17). The van der Waals surface area contributed by atoms with Gasteiger partial charge in [-0.05, 0) is 24.6 Å². The third-order valence-corrected chi connectivity index (χ3v) is 3.03. The minimum absolute atomic E-state index is 0.0436. The van der Waals surface area contributed by atoms with Crippen LogP contribution in [0.4, 0.5) is 0 Å². The van der Waals surface area contributed by atoms with Crippen molar-refractivity contribution in [3.8, 4) is 5.75 Å². The van der Waals surface area contributed by atoms with Gasteiger partial charge < -0.3 is 15.3 Å². The molecule has 5 heteroatoms. The summed E-state index contributed by atoms with van der Waals surface area (Å²) in [6.07, 6.45) is 0.310. The summed E-state index contributed by atoms with van der Waals surface area (Å²) in [4.78, 5) is 24.9. The zero-order valence-electron chi connectivity index (χ0n) is 10.2. The van der Waals surface area contributed by atoms with E-state index in [0.29, 0.717) is 13.0 Å². The van der Waals surface area contributed by atoms with Gasteiger partial charge in [-0.3, -0.25) is 9.59 Å². The Morgan fingerprint density at radius 1 is 1.44 bits per heavy atom. The molecule has 96 valence electrons. The number of phenolic OH excluding ortho intramolecular Hbond substituents is 1. The van der Waals surface area contributed by atoms with Crippen LogP contribution >= 0.6 is 0 Å². The molecule has 1 atom stereocenters. The highest BCUT2D eigenvalue weighted by molar-refractivity contribution is 5.87. The van der Waals surface area contributed by atoms with Crippen molar-refractivity contribution in [1.29, 1.82) is 0 Å². The number of hydrogen-bond acceptors (Lipinski definition) is 3. The number of benzene rings is 1. The van der Waals surface area contributed by atoms with Crippen LogP contribution in [0.25, 0.3) is 0 Å². The molecule has 0 saturated carbocycles. The van der Waals surface area contributed by atoms with Crippen molar-refractivity contribution in [1.82, 2.24) is 10.2 Å². The molecule has 0 aliphatic carbocycles. The average Bonchev–Trinajstić information content (AvgIpc) is 2.43. The summed E-state index contributed by atoms with van der Waals surface area (Å²) in [6, 6.07) is 6.66. The Morgan fingerprint density at radius 3 is 2.94 bits per heavy atom. The van der Waals surface area contributed by atoms with Crippen LogP contribution in [0.2, 0.25) is 0 Å². The summed E-state index contributed by atoms with van der Waals surface area (Å²) in [5.41, 5.74) is 0.851. The van der Waals surface area contributed by atoms with Gasteiger partial charge in [-0.25, -0.2) is 0 Å². The van der Waals surface area contributed by atoms with Gasteiger partial charge in [0, 0.05) is 19.0 Å². The Kier molecular flexibility index (Phi) is 3.50. The third kappa shape index (κ3) is 2.80. The molecule has 0 radical (unpaired) electrons. The maximum absolute atomic E-state index is 11.9. The van der Waals surface area contributed by atoms with Gasteiger partial charge in [0.2, 0.25) is 11.8 Å². The van der Waals surface area contributed by atoms with Gasteiger partial charge in [-0.15, -0.1) is 0 Å². The van der Waals surface area contributed by atoms with Crippen molar-refractivity contribution in [3.05, 3.63) is 29.8 Å². The van der Waals surface area contributed by atoms with Crippen molar-refractivity contribution < 1.29 is 14.7 Å². The van der Waals surface area contributed by atoms with E-state index in [-0.39, 0.29) is 30.2 Å². The lowest BCUT2D eigenvalue weighted by molar-refractivity contribution is -0.132. The molecule has 1 saturated heterocycles. The van der Waals surface area contributed by atoms with E-state index in [1.54, 1.807) is 23.1 Å². The van der Waals surface area contributed by atoms with Gasteiger partial charge in [-0.2, -0.15) is 0 Å². The second-order valence-corrected chi connectivity index (χ2v) is 4.52. The van der Waals surface area contributed by atoms with Crippen LogP contribution in [0.15, 0.2) is 24.3 Å². The Balaban J connectivity index is 2.15. The number of aromatic hydroxyl groups is 1. The summed E-state index contributed by atoms with van der Waals surface area (Å²) in [6.45, 7) is 2.30. The Hall–Kier alpha value is -2.04. The topological polar surface area (TPSA) is 69.6 Å². The predicted molar refractivity (Wildman–Crippen MR) is 65.7 cm³/mol. The van der Waals surface area contributed by atoms with Crippen LogP contribution in [0.5, 0.6) is 5.75 Å². The third-order valence-electron chi connectivity index (χ3n) is 3.03. The van der Waals surface area contributed by atoms with Crippen LogP contribution in [-0.4, -0.2) is 34.4 Å². The molecule has 2 N–H and O–H groups in total. The minimum Gasteiger partial charge on any atom is -0.508 e. The number of nitrogens with one attached hydrogen (secondary N) is 1. The molecule has 1 aliphatic rings. The maximum atomic E-state index is 11.9. The Morgan fingerprint density at radius 2 is 2.22 bits per heavy atom. The highest BCUT2D eigenvalue weighted by Crippen LogP contribution is 2.16. The monoisotopic (exact) mass is 248 g/mol. The quantitative estimate of drug-likeness (QED) is 0.806. The van der Waals surface area contributed by atoms with Crippen LogP contribution < -0.4 is 5.32 Å². The fourth-order valence-corrected chi connectivity index (χ4v) is 2.07. The Labute approximate surface area is 105 Å². The van der Waals surface area contributed by atoms with E-state index in [2.05, 4.69) is 5.32 Å². The smallest absolute Gasteiger partial charge is 0.242 e. The number of phenols is 1. The largest absolute Gasteiger partial charge is 0.508 e. The lowest BCUT2D eigenvalue weighted by Gasteiger charge is -2.26. The summed E-state index contributed by atoms with van der Waals surface area (Å²) in [7, 11) is 0. The summed E-state index contributed by atoms with van der Waals surface area (Å²) in [5.74, 6) is -0.0254. The predicted octanol–water partition coefficient (Wildman–Crippen LogP) is 0.629. The first-order valence-corrected chi connectivity index (χ1v) is 5.90. The molecule has 1 aromatic rings. The molecule has 1 unspecified atom stereocenters. The first-order chi connectivity index (χ1) is 8.56. The number of amides is 2. The van der Waals surface area contributed by atoms with Gasteiger partial charge in [0.15, 0.2) is 0 Å². The lowest BCUT2D eigenvalue weighted by atomic mass is 10.1. The molecule has 0 bridgehead atoms. The van der Waals surface area contributed by atoms with E-state index < -0.39 is 0 Å². The van der Waals surface area contributed by atoms with E-state index in [9.17, 15) is 14.7 Å². The number of nitrogens with zero attached hydrogens (tertiary/aromatic N) is 1. The van der Waals surface area contributed by atoms with Gasteiger partial charge in [0.05, 0.1) is 6.54 Å². The normalized spacial score (nSPS) is 20.5. The fourth-order valence-electron chi connectivity index (χ4n) is 2.07. The van der Waals surface area contributed by atoms with Crippen LogP contribution in [-0.2, 0) is 16.1 Å². The van der Waals surface area contributed by atoms with Crippen molar-refractivity contribution in [2.24, 2.45) is 0 Å². The van der Waals surface area contributed by atoms with Gasteiger partial charge in [0.25, 0.3) is 0 Å². The molecule has 5 nitrogen and oxygen atoms in total. The maximum Gasteiger partial charge on any atom is 0.242 e. The second-order valence-electron chi connectivity index (χ2n) is 4.52. The molecule has 18 heavy (non-hydrogen) atoms. The van der Waals surface area contributed by atoms with Crippen molar-refractivity contribution in [2.45, 2.75) is 25.9 Å². The molecule has 2 rings (SSSR count). The molecule has 0 spiro atoms. The second kappa shape index (κ2) is 5.08. The zero-order chi connectivity index (χ0) is 13.1. The minimum atomic E-state index is -0.137. The highest BCUT2D eigenvalue weighted by atomic mass is 16.3. The molecular formula is C13H16N2O3. The van der Waals surface area contributed by atoms with E-state index in [0.717, 1.165) is 5.56 Å². The van der Waals surface area contributed by atoms with Gasteiger partial charge in [0.1, 0.15) is 5.75 Å². The molecule has 2 amide bonds. The lowest BCUT2D eigenvalue weighted by Crippen LogP contribution is -2.39. The van der Waals surface area contributed by atoms with E-state index in [4.69, 9.17) is 0 Å². The zero-order valence-corrected chi connectivity index (χ0v) is 10.2. The van der Waals surface area contributed by atoms with E-state index >= 15 is 0 Å². The van der Waals surface area contributed by atoms with Crippen LogP contribution in [0.1, 0.15) is 18.9 Å². The van der Waals surface area contributed by atoms with E-state index in [1.165, 1.54) is 0 Å². The van der Waals surface area contributed by atoms with E-state index in [1.807, 2.05) is 13.0 Å². The van der Waals surface area contributed by atoms with Gasteiger partial charge >= 0.3 is 0 Å². The first kappa shape index (κ1) is 12.4. The van der Waals surface area contributed by atoms with Crippen LogP contribution in [0, 0.1) is 0 Å². The Bertz CT molecular complexity index is 473. The molecule has 0 aromatic heterocycles. The van der Waals surface area contributed by atoms with Gasteiger partial charge in [-0.1, -0.05) is 12.1 Å². The summed E-state index contributed by atoms with van der Waals surface area (Å²) < 4.78 is 0. The average molecular weight is 248 g/mol. The van der Waals surface area contributed by atoms with Crippen LogP contribution in [0.3, 0.4) is 0 Å². The van der Waals surface area contributed by atoms with Crippen molar-refractivity contribution >= 4 is 11.8 Å². The fraction of sp³-hybridized carbons (Fsp3) is 0.385. The first-order valence-electron chi connectivity index (χ1n) is 5.90. The SMILES string of the molecule is CC1CC(=O)NCC(=O)N1Cc1cccc(O)c1.